The summed E-state index contributed by atoms with van der Waals surface area (Å²) in [5, 5.41) is 0.800. The molecule has 0 aromatic heterocycles. The number of nitrogens with zero attached hydrogens (tertiary/aromatic N) is 1. The Balaban J connectivity index is 1.69. The second-order valence-electron chi connectivity index (χ2n) is 6.50. The van der Waals surface area contributed by atoms with E-state index in [1.165, 1.54) is 43.5 Å². The van der Waals surface area contributed by atoms with Crippen LogP contribution in [0.25, 0.3) is 0 Å². The first-order valence-electron chi connectivity index (χ1n) is 7.80. The van der Waals surface area contributed by atoms with Gasteiger partial charge in [-0.15, -0.1) is 0 Å². The average molecular weight is 290 g/mol. The lowest BCUT2D eigenvalue weighted by Crippen LogP contribution is -2.50. The monoisotopic (exact) mass is 289 g/mol. The van der Waals surface area contributed by atoms with E-state index in [9.17, 15) is 4.79 Å². The average Bonchev–Trinajstić information content (AvgIpc) is 2.93. The molecule has 1 saturated carbocycles. The summed E-state index contributed by atoms with van der Waals surface area (Å²) in [5.41, 5.74) is 2.56. The highest BCUT2D eigenvalue weighted by Gasteiger charge is 2.45. The van der Waals surface area contributed by atoms with Crippen molar-refractivity contribution < 1.29 is 4.79 Å². The quantitative estimate of drug-likeness (QED) is 0.789. The normalized spacial score (nSPS) is 33.2. The number of halogens is 1. The van der Waals surface area contributed by atoms with E-state index in [1.807, 2.05) is 6.07 Å². The Hall–Kier alpha value is -0.860. The van der Waals surface area contributed by atoms with Gasteiger partial charge in [-0.25, -0.2) is 0 Å². The smallest absolute Gasteiger partial charge is 0.145 e. The fourth-order valence-electron chi connectivity index (χ4n) is 4.51. The van der Waals surface area contributed by atoms with Crippen LogP contribution in [0.1, 0.15) is 42.7 Å². The van der Waals surface area contributed by atoms with Gasteiger partial charge in [0, 0.05) is 22.9 Å². The summed E-state index contributed by atoms with van der Waals surface area (Å²) >= 11 is 6.14. The molecule has 0 amide bonds. The van der Waals surface area contributed by atoms with E-state index in [0.717, 1.165) is 17.9 Å². The predicted molar refractivity (Wildman–Crippen MR) is 80.2 cm³/mol. The standard InChI is InChI=1S/C17H20ClNO/c18-12-3-4-13-11(9-12)10-15-16(19-7-1-2-8-19)6-5-14(13)17(15)20/h3-4,9,14-16H,1-2,5-8,10H2/t14-,15-,16-/m1/s1. The molecule has 1 aliphatic heterocycles. The van der Waals surface area contributed by atoms with Crippen molar-refractivity contribution >= 4 is 17.4 Å². The van der Waals surface area contributed by atoms with Gasteiger partial charge in [0.2, 0.25) is 0 Å². The first-order chi connectivity index (χ1) is 9.74. The van der Waals surface area contributed by atoms with Gasteiger partial charge >= 0.3 is 0 Å². The molecule has 2 aliphatic carbocycles. The molecule has 0 radical (unpaired) electrons. The minimum atomic E-state index is 0.139. The van der Waals surface area contributed by atoms with Gasteiger partial charge in [0.05, 0.1) is 0 Å². The number of hydrogen-bond donors (Lipinski definition) is 0. The van der Waals surface area contributed by atoms with Crippen LogP contribution in [-0.4, -0.2) is 29.8 Å². The maximum atomic E-state index is 12.8. The maximum absolute atomic E-state index is 12.8. The molecule has 3 atom stereocenters. The second-order valence-corrected chi connectivity index (χ2v) is 6.93. The number of carbonyl (C=O) groups is 1. The minimum absolute atomic E-state index is 0.139. The lowest BCUT2D eigenvalue weighted by atomic mass is 9.66. The summed E-state index contributed by atoms with van der Waals surface area (Å²) in [7, 11) is 0. The lowest BCUT2D eigenvalue weighted by Gasteiger charge is -2.43. The summed E-state index contributed by atoms with van der Waals surface area (Å²) in [6.45, 7) is 2.36. The van der Waals surface area contributed by atoms with Gasteiger partial charge < -0.3 is 0 Å². The first-order valence-corrected chi connectivity index (χ1v) is 8.18. The van der Waals surface area contributed by atoms with Crippen LogP contribution in [0.2, 0.25) is 5.02 Å². The Kier molecular flexibility index (Phi) is 3.12. The van der Waals surface area contributed by atoms with Gasteiger partial charge in [0.15, 0.2) is 0 Å². The molecule has 0 N–H and O–H groups in total. The van der Waals surface area contributed by atoms with Crippen LogP contribution >= 0.6 is 11.6 Å². The highest BCUT2D eigenvalue weighted by atomic mass is 35.5. The summed E-state index contributed by atoms with van der Waals surface area (Å²) in [5.74, 6) is 0.834. The molecule has 106 valence electrons. The predicted octanol–water partition coefficient (Wildman–Crippen LogP) is 3.42. The maximum Gasteiger partial charge on any atom is 0.145 e. The molecule has 1 aromatic carbocycles. The van der Waals surface area contributed by atoms with Gasteiger partial charge in [-0.05, 0) is 68.5 Å². The Bertz CT molecular complexity index is 550. The van der Waals surface area contributed by atoms with Crippen molar-refractivity contribution in [2.45, 2.75) is 44.1 Å². The summed E-state index contributed by atoms with van der Waals surface area (Å²) in [4.78, 5) is 15.3. The van der Waals surface area contributed by atoms with Crippen molar-refractivity contribution in [2.24, 2.45) is 5.92 Å². The number of Topliss-reactive ketones (excluding diaryl/α,β-unsaturated/α-hetero) is 1. The summed E-state index contributed by atoms with van der Waals surface area (Å²) in [6, 6.07) is 6.57. The topological polar surface area (TPSA) is 20.3 Å². The molecular weight excluding hydrogens is 270 g/mol. The van der Waals surface area contributed by atoms with E-state index in [4.69, 9.17) is 11.6 Å². The molecule has 1 saturated heterocycles. The van der Waals surface area contributed by atoms with Crippen molar-refractivity contribution in [1.82, 2.24) is 4.90 Å². The van der Waals surface area contributed by atoms with E-state index in [2.05, 4.69) is 17.0 Å². The molecule has 20 heavy (non-hydrogen) atoms. The summed E-state index contributed by atoms with van der Waals surface area (Å²) < 4.78 is 0. The number of ketones is 1. The number of rotatable bonds is 1. The van der Waals surface area contributed by atoms with Gasteiger partial charge in [-0.1, -0.05) is 17.7 Å². The van der Waals surface area contributed by atoms with Gasteiger partial charge in [0.25, 0.3) is 0 Å². The molecule has 1 heterocycles. The number of hydrogen-bond acceptors (Lipinski definition) is 2. The molecule has 2 nitrogen and oxygen atoms in total. The number of fused-ring (bicyclic) bond motifs is 4. The molecule has 0 unspecified atom stereocenters. The molecule has 2 bridgehead atoms. The van der Waals surface area contributed by atoms with Crippen LogP contribution < -0.4 is 0 Å². The van der Waals surface area contributed by atoms with Crippen LogP contribution in [0.4, 0.5) is 0 Å². The second kappa shape index (κ2) is 4.85. The first kappa shape index (κ1) is 12.8. The van der Waals surface area contributed by atoms with Crippen molar-refractivity contribution in [1.29, 1.82) is 0 Å². The molecule has 4 rings (SSSR count). The zero-order valence-electron chi connectivity index (χ0n) is 11.6. The SMILES string of the molecule is O=C1[C@@H]2CC[C@@H](N3CCCC3)[C@H]1Cc1cc(Cl)ccc12. The number of likely N-dealkylation sites (tertiary alicyclic amines) is 1. The molecule has 0 spiro atoms. The van der Waals surface area contributed by atoms with Crippen molar-refractivity contribution in [2.75, 3.05) is 13.1 Å². The third kappa shape index (κ3) is 1.93. The minimum Gasteiger partial charge on any atom is -0.300 e. The number of carbonyl (C=O) groups excluding carboxylic acids is 1. The van der Waals surface area contributed by atoms with Gasteiger partial charge in [-0.2, -0.15) is 0 Å². The molecule has 3 aliphatic rings. The van der Waals surface area contributed by atoms with Crippen molar-refractivity contribution in [3.63, 3.8) is 0 Å². The molecular formula is C17H20ClNO. The van der Waals surface area contributed by atoms with Crippen LogP contribution in [0, 0.1) is 5.92 Å². The fourth-order valence-corrected chi connectivity index (χ4v) is 4.71. The largest absolute Gasteiger partial charge is 0.300 e. The van der Waals surface area contributed by atoms with Crippen LogP contribution in [0.3, 0.4) is 0 Å². The van der Waals surface area contributed by atoms with E-state index >= 15 is 0 Å². The van der Waals surface area contributed by atoms with E-state index in [-0.39, 0.29) is 11.8 Å². The Morgan fingerprint density at radius 2 is 1.95 bits per heavy atom. The van der Waals surface area contributed by atoms with Crippen LogP contribution in [-0.2, 0) is 11.2 Å². The van der Waals surface area contributed by atoms with Gasteiger partial charge in [0.1, 0.15) is 5.78 Å². The fraction of sp³-hybridized carbons (Fsp3) is 0.588. The zero-order valence-corrected chi connectivity index (χ0v) is 12.4. The Morgan fingerprint density at radius 3 is 2.75 bits per heavy atom. The van der Waals surface area contributed by atoms with Gasteiger partial charge in [-0.3, -0.25) is 9.69 Å². The molecule has 3 heteroatoms. The van der Waals surface area contributed by atoms with E-state index < -0.39 is 0 Å². The molecule has 1 aromatic rings. The summed E-state index contributed by atoms with van der Waals surface area (Å²) in [6.07, 6.45) is 5.69. The highest BCUT2D eigenvalue weighted by Crippen LogP contribution is 2.44. The molecule has 2 fully saturated rings. The lowest BCUT2D eigenvalue weighted by molar-refractivity contribution is -0.130. The van der Waals surface area contributed by atoms with Crippen LogP contribution in [0.15, 0.2) is 18.2 Å². The number of benzene rings is 1. The van der Waals surface area contributed by atoms with E-state index in [1.54, 1.807) is 0 Å². The Morgan fingerprint density at radius 1 is 1.15 bits per heavy atom. The van der Waals surface area contributed by atoms with E-state index in [0.29, 0.717) is 11.8 Å². The zero-order chi connectivity index (χ0) is 13.7. The highest BCUT2D eigenvalue weighted by molar-refractivity contribution is 6.30. The third-order valence-corrected chi connectivity index (χ3v) is 5.69. The van der Waals surface area contributed by atoms with Crippen molar-refractivity contribution in [3.05, 3.63) is 34.3 Å². The third-order valence-electron chi connectivity index (χ3n) is 5.45. The Labute approximate surface area is 125 Å². The van der Waals surface area contributed by atoms with Crippen LogP contribution in [0.5, 0.6) is 0 Å². The van der Waals surface area contributed by atoms with Crippen molar-refractivity contribution in [3.8, 4) is 0 Å².